The largest absolute Gasteiger partial charge is 0.489 e. The summed E-state index contributed by atoms with van der Waals surface area (Å²) in [5.41, 5.74) is 1.05. The van der Waals surface area contributed by atoms with Gasteiger partial charge in [0.05, 0.1) is 5.56 Å². The first-order valence-corrected chi connectivity index (χ1v) is 10.5. The van der Waals surface area contributed by atoms with Crippen LogP contribution in [0.1, 0.15) is 11.1 Å². The first kappa shape index (κ1) is 22.9. The van der Waals surface area contributed by atoms with E-state index in [-0.39, 0.29) is 29.7 Å². The predicted molar refractivity (Wildman–Crippen MR) is 122 cm³/mol. The summed E-state index contributed by atoms with van der Waals surface area (Å²) < 4.78 is 51.6. The van der Waals surface area contributed by atoms with E-state index >= 15 is 0 Å². The molecule has 0 saturated carbocycles. The molecule has 0 saturated heterocycles. The van der Waals surface area contributed by atoms with Gasteiger partial charge in [-0.3, -0.25) is 0 Å². The van der Waals surface area contributed by atoms with E-state index in [4.69, 9.17) is 33.0 Å². The fraction of sp³-hybridized carbons (Fsp3) is 0.130. The van der Waals surface area contributed by atoms with Crippen molar-refractivity contribution in [1.82, 2.24) is 9.78 Å². The van der Waals surface area contributed by atoms with Crippen LogP contribution in [0.15, 0.2) is 77.2 Å². The third kappa shape index (κ3) is 5.74. The first-order valence-electron chi connectivity index (χ1n) is 9.75. The zero-order valence-corrected chi connectivity index (χ0v) is 18.5. The lowest BCUT2D eigenvalue weighted by atomic mass is 10.1. The molecule has 1 aromatic heterocycles. The Morgan fingerprint density at radius 2 is 1.79 bits per heavy atom. The van der Waals surface area contributed by atoms with Crippen molar-refractivity contribution in [3.05, 3.63) is 93.8 Å². The normalized spacial score (nSPS) is 11.4. The van der Waals surface area contributed by atoms with Crippen LogP contribution in [0, 0.1) is 4.84 Å². The molecular formula is C23H17ClF3N3O2S. The van der Waals surface area contributed by atoms with Crippen molar-refractivity contribution in [2.24, 2.45) is 0 Å². The van der Waals surface area contributed by atoms with E-state index < -0.39 is 11.7 Å². The monoisotopic (exact) mass is 491 g/mol. The van der Waals surface area contributed by atoms with Crippen LogP contribution in [-0.2, 0) is 19.5 Å². The summed E-state index contributed by atoms with van der Waals surface area (Å²) in [5, 5.41) is 7.88. The third-order valence-corrected chi connectivity index (χ3v) is 5.23. The van der Waals surface area contributed by atoms with E-state index in [9.17, 15) is 13.2 Å². The van der Waals surface area contributed by atoms with Crippen molar-refractivity contribution in [2.75, 3.05) is 5.32 Å². The van der Waals surface area contributed by atoms with E-state index in [1.54, 1.807) is 24.3 Å². The molecule has 0 radical (unpaired) electrons. The highest BCUT2D eigenvalue weighted by atomic mass is 35.5. The smallest absolute Gasteiger partial charge is 0.416 e. The van der Waals surface area contributed by atoms with Crippen LogP contribution >= 0.6 is 23.8 Å². The lowest BCUT2D eigenvalue weighted by Gasteiger charge is -2.10. The van der Waals surface area contributed by atoms with Crippen LogP contribution in [0.2, 0.25) is 5.02 Å². The number of benzene rings is 3. The fourth-order valence-electron chi connectivity index (χ4n) is 3.03. The summed E-state index contributed by atoms with van der Waals surface area (Å²) in [6.07, 6.45) is -4.42. The van der Waals surface area contributed by atoms with Gasteiger partial charge < -0.3 is 14.5 Å². The van der Waals surface area contributed by atoms with Crippen LogP contribution in [0.5, 0.6) is 5.75 Å². The highest BCUT2D eigenvalue weighted by molar-refractivity contribution is 7.71. The van der Waals surface area contributed by atoms with Gasteiger partial charge in [0.1, 0.15) is 19.0 Å². The molecule has 10 heteroatoms. The molecule has 0 spiro atoms. The molecule has 33 heavy (non-hydrogen) atoms. The van der Waals surface area contributed by atoms with Crippen molar-refractivity contribution in [1.29, 1.82) is 0 Å². The minimum Gasteiger partial charge on any atom is -0.489 e. The van der Waals surface area contributed by atoms with Crippen LogP contribution in [0.3, 0.4) is 0 Å². The molecule has 0 amide bonds. The van der Waals surface area contributed by atoms with Crippen molar-refractivity contribution in [3.8, 4) is 17.2 Å². The van der Waals surface area contributed by atoms with Crippen LogP contribution < -0.4 is 10.1 Å². The number of alkyl halides is 3. The number of aromatic nitrogens is 2. The van der Waals surface area contributed by atoms with Gasteiger partial charge in [0.25, 0.3) is 4.84 Å². The van der Waals surface area contributed by atoms with Crippen LogP contribution in [0.4, 0.5) is 18.9 Å². The van der Waals surface area contributed by atoms with Crippen LogP contribution in [-0.4, -0.2) is 9.78 Å². The zero-order chi connectivity index (χ0) is 23.4. The Morgan fingerprint density at radius 1 is 1.03 bits per heavy atom. The van der Waals surface area contributed by atoms with E-state index in [0.717, 1.165) is 17.7 Å². The number of nitrogens with one attached hydrogen (secondary N) is 1. The van der Waals surface area contributed by atoms with Crippen molar-refractivity contribution in [2.45, 2.75) is 19.5 Å². The highest BCUT2D eigenvalue weighted by Gasteiger charge is 2.30. The number of nitrogens with zero attached hydrogens (tertiary/aromatic N) is 2. The van der Waals surface area contributed by atoms with Gasteiger partial charge in [0.15, 0.2) is 0 Å². The SMILES string of the molecule is FC(F)(F)c1cccc(NCn2nc(-c3ccccc3COc3ccc(Cl)cc3)oc2=S)c1. The minimum atomic E-state index is -4.42. The van der Waals surface area contributed by atoms with Gasteiger partial charge in [-0.2, -0.15) is 13.2 Å². The molecule has 3 aromatic carbocycles. The van der Waals surface area contributed by atoms with Gasteiger partial charge in [-0.05, 0) is 60.7 Å². The maximum Gasteiger partial charge on any atom is 0.416 e. The molecule has 0 bridgehead atoms. The Morgan fingerprint density at radius 3 is 2.55 bits per heavy atom. The van der Waals surface area contributed by atoms with Gasteiger partial charge in [-0.15, -0.1) is 5.10 Å². The Balaban J connectivity index is 1.49. The van der Waals surface area contributed by atoms with E-state index in [1.807, 2.05) is 24.3 Å². The molecule has 0 fully saturated rings. The minimum absolute atomic E-state index is 0.0348. The second kappa shape index (κ2) is 9.68. The number of ether oxygens (including phenoxy) is 1. The van der Waals surface area contributed by atoms with Crippen molar-refractivity contribution < 1.29 is 22.3 Å². The number of anilines is 1. The molecule has 1 N–H and O–H groups in total. The summed E-state index contributed by atoms with van der Waals surface area (Å²) in [6, 6.07) is 19.3. The van der Waals surface area contributed by atoms with E-state index in [0.29, 0.717) is 16.3 Å². The summed E-state index contributed by atoms with van der Waals surface area (Å²) in [7, 11) is 0. The summed E-state index contributed by atoms with van der Waals surface area (Å²) in [6.45, 7) is 0.294. The average molecular weight is 492 g/mol. The molecule has 0 unspecified atom stereocenters. The second-order valence-corrected chi connectivity index (χ2v) is 7.77. The number of rotatable bonds is 7. The Hall–Kier alpha value is -3.30. The lowest BCUT2D eigenvalue weighted by molar-refractivity contribution is -0.137. The van der Waals surface area contributed by atoms with Gasteiger partial charge in [-0.25, -0.2) is 4.68 Å². The first-order chi connectivity index (χ1) is 15.8. The molecule has 0 atom stereocenters. The van der Waals surface area contributed by atoms with Crippen LogP contribution in [0.25, 0.3) is 11.5 Å². The van der Waals surface area contributed by atoms with Gasteiger partial charge in [-0.1, -0.05) is 35.9 Å². The molecule has 1 heterocycles. The Labute approximate surface area is 197 Å². The maximum absolute atomic E-state index is 12.9. The van der Waals surface area contributed by atoms with Gasteiger partial charge in [0, 0.05) is 21.8 Å². The fourth-order valence-corrected chi connectivity index (χ4v) is 3.34. The molecule has 0 aliphatic carbocycles. The van der Waals surface area contributed by atoms with E-state index in [1.165, 1.54) is 16.8 Å². The van der Waals surface area contributed by atoms with Gasteiger partial charge in [0.2, 0.25) is 5.89 Å². The predicted octanol–water partition coefficient (Wildman–Crippen LogP) is 7.19. The maximum atomic E-state index is 12.9. The third-order valence-electron chi connectivity index (χ3n) is 4.68. The highest BCUT2D eigenvalue weighted by Crippen LogP contribution is 2.31. The summed E-state index contributed by atoms with van der Waals surface area (Å²) >= 11 is 11.1. The zero-order valence-electron chi connectivity index (χ0n) is 17.0. The molecule has 5 nitrogen and oxygen atoms in total. The summed E-state index contributed by atoms with van der Waals surface area (Å²) in [4.78, 5) is 0.0814. The number of hydrogen-bond acceptors (Lipinski definition) is 5. The quantitative estimate of drug-likeness (QED) is 0.277. The second-order valence-electron chi connectivity index (χ2n) is 6.99. The Kier molecular flexibility index (Phi) is 6.71. The number of halogens is 4. The number of hydrogen-bond donors (Lipinski definition) is 1. The molecule has 4 aromatic rings. The standard InChI is InChI=1S/C23H17ClF3N3O2S/c24-17-8-10-19(11-9-17)31-13-15-4-1-2-7-20(15)21-29-30(22(33)32-21)14-28-18-6-3-5-16(12-18)23(25,26)27/h1-12,28H,13-14H2. The molecule has 4 rings (SSSR count). The van der Waals surface area contributed by atoms with E-state index in [2.05, 4.69) is 10.4 Å². The molecule has 0 aliphatic heterocycles. The summed E-state index contributed by atoms with van der Waals surface area (Å²) in [5.74, 6) is 0.937. The van der Waals surface area contributed by atoms with Crippen molar-refractivity contribution >= 4 is 29.5 Å². The molecule has 170 valence electrons. The van der Waals surface area contributed by atoms with Crippen molar-refractivity contribution in [3.63, 3.8) is 0 Å². The molecule has 0 aliphatic rings. The molecular weight excluding hydrogens is 475 g/mol. The Bertz CT molecular complexity index is 1300. The topological polar surface area (TPSA) is 52.2 Å². The van der Waals surface area contributed by atoms with Gasteiger partial charge >= 0.3 is 6.18 Å². The lowest BCUT2D eigenvalue weighted by Crippen LogP contribution is -2.11. The average Bonchev–Trinajstić information content (AvgIpc) is 3.17.